The van der Waals surface area contributed by atoms with Crippen LogP contribution in [0, 0.1) is 0 Å². The number of carbonyl (C=O) groups is 1. The van der Waals surface area contributed by atoms with Crippen LogP contribution in [0.1, 0.15) is 58.3 Å². The van der Waals surface area contributed by atoms with Gasteiger partial charge in [0.1, 0.15) is 12.2 Å². The number of hydrogen-bond acceptors (Lipinski definition) is 5. The molecule has 0 aliphatic carbocycles. The summed E-state index contributed by atoms with van der Waals surface area (Å²) in [5, 5.41) is 26.2. The van der Waals surface area contributed by atoms with Crippen molar-refractivity contribution in [1.29, 1.82) is 0 Å². The Morgan fingerprint density at radius 2 is 1.58 bits per heavy atom. The maximum Gasteiger partial charge on any atom is 0.303 e. The predicted molar refractivity (Wildman–Crippen MR) is 102 cm³/mol. The van der Waals surface area contributed by atoms with Crippen LogP contribution in [-0.4, -0.2) is 33.8 Å². The van der Waals surface area contributed by atoms with Crippen LogP contribution in [0.25, 0.3) is 0 Å². The molecule has 3 N–H and O–H groups in total. The first-order valence-electron chi connectivity index (χ1n) is 9.12. The van der Waals surface area contributed by atoms with Crippen LogP contribution >= 0.6 is 0 Å². The number of unbranched alkanes of at least 4 members (excludes halogenated alkanes) is 3. The summed E-state index contributed by atoms with van der Waals surface area (Å²) in [6, 6.07) is 0. The Labute approximate surface area is 156 Å². The fourth-order valence-electron chi connectivity index (χ4n) is 2.15. The van der Waals surface area contributed by atoms with Crippen LogP contribution < -0.4 is 0 Å². The predicted octanol–water partition coefficient (Wildman–Crippen LogP) is 5.15. The molecule has 0 saturated carbocycles. The normalized spacial score (nSPS) is 14.9. The van der Waals surface area contributed by atoms with E-state index in [1.165, 1.54) is 0 Å². The molecule has 0 aromatic heterocycles. The highest BCUT2D eigenvalue weighted by atomic mass is 17.1. The molecule has 148 valence electrons. The summed E-state index contributed by atoms with van der Waals surface area (Å²) in [5.41, 5.74) is 0. The summed E-state index contributed by atoms with van der Waals surface area (Å²) in [6.45, 7) is 2.12. The van der Waals surface area contributed by atoms with E-state index in [0.717, 1.165) is 25.7 Å². The molecule has 0 saturated heterocycles. The first kappa shape index (κ1) is 24.3. The van der Waals surface area contributed by atoms with Crippen molar-refractivity contribution in [2.45, 2.75) is 70.5 Å². The van der Waals surface area contributed by atoms with Crippen molar-refractivity contribution in [2.75, 3.05) is 0 Å². The summed E-state index contributed by atoms with van der Waals surface area (Å²) >= 11 is 0. The van der Waals surface area contributed by atoms with Crippen LogP contribution in [0.15, 0.2) is 48.6 Å². The van der Waals surface area contributed by atoms with Crippen LogP contribution in [0.4, 0.5) is 0 Å². The van der Waals surface area contributed by atoms with Crippen molar-refractivity contribution in [3.05, 3.63) is 48.6 Å². The number of carboxylic acid groups (broad SMARTS) is 1. The quantitative estimate of drug-likeness (QED) is 0.151. The van der Waals surface area contributed by atoms with Gasteiger partial charge in [-0.25, -0.2) is 9.78 Å². The van der Waals surface area contributed by atoms with Gasteiger partial charge in [0.2, 0.25) is 0 Å². The number of rotatable bonds is 16. The van der Waals surface area contributed by atoms with Crippen molar-refractivity contribution in [2.24, 2.45) is 0 Å². The van der Waals surface area contributed by atoms with E-state index in [2.05, 4.69) is 16.7 Å². The van der Waals surface area contributed by atoms with E-state index < -0.39 is 12.1 Å². The molecule has 0 unspecified atom stereocenters. The highest BCUT2D eigenvalue weighted by Gasteiger charge is 2.03. The van der Waals surface area contributed by atoms with E-state index >= 15 is 0 Å². The Hall–Kier alpha value is -1.73. The van der Waals surface area contributed by atoms with Crippen LogP contribution in [0.2, 0.25) is 0 Å². The van der Waals surface area contributed by atoms with Crippen molar-refractivity contribution in [1.82, 2.24) is 0 Å². The molecule has 0 rings (SSSR count). The van der Waals surface area contributed by atoms with Gasteiger partial charge in [-0.15, -0.1) is 0 Å². The Morgan fingerprint density at radius 3 is 2.19 bits per heavy atom. The van der Waals surface area contributed by atoms with Gasteiger partial charge in [-0.05, 0) is 25.7 Å². The third kappa shape index (κ3) is 15.8. The lowest BCUT2D eigenvalue weighted by molar-refractivity contribution is -0.267. The summed E-state index contributed by atoms with van der Waals surface area (Å²) < 4.78 is 0. The fourth-order valence-corrected chi connectivity index (χ4v) is 2.15. The summed E-state index contributed by atoms with van der Waals surface area (Å²) in [4.78, 5) is 19.2. The zero-order valence-electron chi connectivity index (χ0n) is 15.5. The van der Waals surface area contributed by atoms with Crippen molar-refractivity contribution < 1.29 is 30.2 Å². The maximum absolute atomic E-state index is 10.4. The molecule has 0 aliphatic heterocycles. The summed E-state index contributed by atoms with van der Waals surface area (Å²) in [5.74, 6) is -0.790. The standard InChI is InChI=1S/C20H32O6/c1-2-3-8-13-18(25-23)15-10-7-11-16-19(26-24)14-9-5-4-6-12-17-20(21)22/h4-5,7,9-11,14-15,18-19,23-24H,2-3,6,8,12-13,16-17H2,1H3,(H,21,22)/b5-4-,11-7-,14-9+,15-10+/t18-,19-/m0/s1. The molecule has 0 aliphatic rings. The molecule has 0 aromatic carbocycles. The second-order valence-corrected chi connectivity index (χ2v) is 5.93. The minimum Gasteiger partial charge on any atom is -0.481 e. The van der Waals surface area contributed by atoms with Crippen LogP contribution in [0.5, 0.6) is 0 Å². The average Bonchev–Trinajstić information content (AvgIpc) is 2.63. The lowest BCUT2D eigenvalue weighted by Gasteiger charge is -2.07. The molecule has 0 amide bonds. The molecule has 0 spiro atoms. The highest BCUT2D eigenvalue weighted by molar-refractivity contribution is 5.66. The van der Waals surface area contributed by atoms with Crippen molar-refractivity contribution in [3.8, 4) is 0 Å². The monoisotopic (exact) mass is 368 g/mol. The van der Waals surface area contributed by atoms with Gasteiger partial charge in [0, 0.05) is 6.42 Å². The summed E-state index contributed by atoms with van der Waals surface area (Å²) in [7, 11) is 0. The zero-order valence-corrected chi connectivity index (χ0v) is 15.5. The molecular formula is C20H32O6. The SMILES string of the molecule is CCCCC[C@@H](/C=C/C=C\C[C@H](/C=C/C=C\CCCC(=O)O)OO)OO. The number of aliphatic carboxylic acids is 1. The topological polar surface area (TPSA) is 96.2 Å². The number of carboxylic acids is 1. The highest BCUT2D eigenvalue weighted by Crippen LogP contribution is 2.07. The van der Waals surface area contributed by atoms with Gasteiger partial charge in [0.25, 0.3) is 0 Å². The van der Waals surface area contributed by atoms with Gasteiger partial charge in [-0.3, -0.25) is 15.3 Å². The van der Waals surface area contributed by atoms with Crippen molar-refractivity contribution in [3.63, 3.8) is 0 Å². The van der Waals surface area contributed by atoms with E-state index in [-0.39, 0.29) is 12.5 Å². The Bertz CT molecular complexity index is 453. The third-order valence-corrected chi connectivity index (χ3v) is 3.64. The van der Waals surface area contributed by atoms with Crippen molar-refractivity contribution >= 4 is 5.97 Å². The van der Waals surface area contributed by atoms with E-state index in [1.54, 1.807) is 30.4 Å². The average molecular weight is 368 g/mol. The van der Waals surface area contributed by atoms with Crippen LogP contribution in [0.3, 0.4) is 0 Å². The van der Waals surface area contributed by atoms with E-state index in [4.69, 9.17) is 15.6 Å². The molecule has 0 bridgehead atoms. The number of allylic oxidation sites excluding steroid dienone is 5. The molecule has 0 heterocycles. The molecule has 6 nitrogen and oxygen atoms in total. The zero-order chi connectivity index (χ0) is 19.5. The molecule has 0 aromatic rings. The molecule has 0 radical (unpaired) electrons. The van der Waals surface area contributed by atoms with Crippen LogP contribution in [-0.2, 0) is 14.6 Å². The summed E-state index contributed by atoms with van der Waals surface area (Å²) in [6.07, 6.45) is 19.6. The van der Waals surface area contributed by atoms with Gasteiger partial charge in [-0.1, -0.05) is 74.8 Å². The minimum absolute atomic E-state index is 0.162. The van der Waals surface area contributed by atoms with Gasteiger partial charge >= 0.3 is 5.97 Å². The lowest BCUT2D eigenvalue weighted by atomic mass is 10.1. The second-order valence-electron chi connectivity index (χ2n) is 5.93. The van der Waals surface area contributed by atoms with Gasteiger partial charge < -0.3 is 5.11 Å². The first-order chi connectivity index (χ1) is 12.6. The van der Waals surface area contributed by atoms with E-state index in [0.29, 0.717) is 19.3 Å². The maximum atomic E-state index is 10.4. The van der Waals surface area contributed by atoms with Gasteiger partial charge in [0.05, 0.1) is 0 Å². The molecular weight excluding hydrogens is 336 g/mol. The van der Waals surface area contributed by atoms with Gasteiger partial charge in [0.15, 0.2) is 0 Å². The molecule has 2 atom stereocenters. The first-order valence-corrected chi connectivity index (χ1v) is 9.12. The smallest absolute Gasteiger partial charge is 0.303 e. The van der Waals surface area contributed by atoms with E-state index in [9.17, 15) is 4.79 Å². The Morgan fingerprint density at radius 1 is 0.923 bits per heavy atom. The van der Waals surface area contributed by atoms with Gasteiger partial charge in [-0.2, -0.15) is 0 Å². The fraction of sp³-hybridized carbons (Fsp3) is 0.550. The number of hydrogen-bond donors (Lipinski definition) is 3. The Kier molecular flexibility index (Phi) is 16.9. The lowest BCUT2D eigenvalue weighted by Crippen LogP contribution is -2.06. The van der Waals surface area contributed by atoms with E-state index in [1.807, 2.05) is 18.2 Å². The third-order valence-electron chi connectivity index (χ3n) is 3.64. The molecule has 0 fully saturated rings. The minimum atomic E-state index is -0.790. The molecule has 6 heteroatoms. The Balaban J connectivity index is 4.08. The second kappa shape index (κ2) is 18.1. The molecule has 26 heavy (non-hydrogen) atoms. The largest absolute Gasteiger partial charge is 0.481 e.